The summed E-state index contributed by atoms with van der Waals surface area (Å²) in [5.74, 6) is -0.216. The predicted molar refractivity (Wildman–Crippen MR) is 63.7 cm³/mol. The summed E-state index contributed by atoms with van der Waals surface area (Å²) in [6, 6.07) is 0. The molecule has 0 unspecified atom stereocenters. The average Bonchev–Trinajstić information content (AvgIpc) is 2.28. The minimum atomic E-state index is -3.86. The van der Waals surface area contributed by atoms with Gasteiger partial charge < -0.3 is 0 Å². The molecule has 0 aromatic rings. The van der Waals surface area contributed by atoms with Gasteiger partial charge in [-0.05, 0) is 25.9 Å². The van der Waals surface area contributed by atoms with Gasteiger partial charge in [-0.3, -0.25) is 4.55 Å². The summed E-state index contributed by atoms with van der Waals surface area (Å²) in [6.45, 7) is 8.65. The van der Waals surface area contributed by atoms with Crippen molar-refractivity contribution >= 4 is 21.5 Å². The highest BCUT2D eigenvalue weighted by Gasteiger charge is 2.39. The molecule has 0 atom stereocenters. The van der Waals surface area contributed by atoms with E-state index in [1.54, 1.807) is 0 Å². The van der Waals surface area contributed by atoms with Crippen molar-refractivity contribution in [1.82, 2.24) is 0 Å². The van der Waals surface area contributed by atoms with Crippen LogP contribution < -0.4 is 0 Å². The second kappa shape index (κ2) is 4.25. The van der Waals surface area contributed by atoms with Crippen molar-refractivity contribution in [2.45, 2.75) is 34.1 Å². The molecule has 0 aromatic carbocycles. The van der Waals surface area contributed by atoms with E-state index in [4.69, 9.17) is 4.55 Å². The summed E-state index contributed by atoms with van der Waals surface area (Å²) in [6.07, 6.45) is 0.378. The summed E-state index contributed by atoms with van der Waals surface area (Å²) >= 11 is 0. The van der Waals surface area contributed by atoms with Gasteiger partial charge in [-0.25, -0.2) is 0 Å². The standard InChI is InChI=1S/C10H18N2O3S/c1-8-10(3,4)9(2)12(11-8)6-5-7-16(13,14)15/h5-7H2,1-4H3/p+1. The van der Waals surface area contributed by atoms with E-state index in [2.05, 4.69) is 18.9 Å². The van der Waals surface area contributed by atoms with Gasteiger partial charge in [-0.2, -0.15) is 8.42 Å². The molecule has 0 aromatic heterocycles. The smallest absolute Gasteiger partial charge is 0.265 e. The molecule has 1 N–H and O–H groups in total. The highest BCUT2D eigenvalue weighted by atomic mass is 32.2. The molecule has 0 saturated heterocycles. The highest BCUT2D eigenvalue weighted by molar-refractivity contribution is 7.85. The Labute approximate surface area is 96.6 Å². The Morgan fingerprint density at radius 3 is 2.31 bits per heavy atom. The first kappa shape index (κ1) is 13.3. The molecule has 1 heterocycles. The molecule has 5 nitrogen and oxygen atoms in total. The molecule has 1 aliphatic heterocycles. The minimum absolute atomic E-state index is 0.0575. The number of nitrogens with zero attached hydrogens (tertiary/aromatic N) is 2. The van der Waals surface area contributed by atoms with Crippen LogP contribution in [0, 0.1) is 5.41 Å². The lowest BCUT2D eigenvalue weighted by Crippen LogP contribution is -2.28. The van der Waals surface area contributed by atoms with Crippen LogP contribution in [0.3, 0.4) is 0 Å². The number of hydrogen-bond donors (Lipinski definition) is 1. The lowest BCUT2D eigenvalue weighted by Gasteiger charge is -2.12. The molecule has 16 heavy (non-hydrogen) atoms. The van der Waals surface area contributed by atoms with E-state index in [0.29, 0.717) is 13.0 Å². The molecule has 0 bridgehead atoms. The molecule has 92 valence electrons. The highest BCUT2D eigenvalue weighted by Crippen LogP contribution is 2.25. The van der Waals surface area contributed by atoms with E-state index in [9.17, 15) is 8.42 Å². The van der Waals surface area contributed by atoms with E-state index in [-0.39, 0.29) is 11.2 Å². The number of rotatable bonds is 4. The van der Waals surface area contributed by atoms with Crippen LogP contribution in [-0.4, -0.2) is 41.4 Å². The molecule has 6 heteroatoms. The van der Waals surface area contributed by atoms with Crippen molar-refractivity contribution < 1.29 is 17.7 Å². The maximum Gasteiger partial charge on any atom is 0.265 e. The van der Waals surface area contributed by atoms with E-state index >= 15 is 0 Å². The van der Waals surface area contributed by atoms with Gasteiger partial charge in [0.15, 0.2) is 12.3 Å². The quantitative estimate of drug-likeness (QED) is 0.598. The van der Waals surface area contributed by atoms with Crippen LogP contribution in [0.5, 0.6) is 0 Å². The Morgan fingerprint density at radius 2 is 1.94 bits per heavy atom. The summed E-state index contributed by atoms with van der Waals surface area (Å²) in [5, 5.41) is 4.38. The van der Waals surface area contributed by atoms with Crippen molar-refractivity contribution in [3.63, 3.8) is 0 Å². The molecule has 0 saturated carbocycles. The number of hydrazone groups is 1. The summed E-state index contributed by atoms with van der Waals surface area (Å²) in [7, 11) is -3.86. The molecular formula is C10H19N2O3S+. The van der Waals surface area contributed by atoms with Gasteiger partial charge >= 0.3 is 0 Å². The SMILES string of the molecule is CC1=N[N+](CCCS(=O)(=O)O)=C(C)C1(C)C. The maximum atomic E-state index is 10.6. The monoisotopic (exact) mass is 247 g/mol. The van der Waals surface area contributed by atoms with Gasteiger partial charge in [-0.1, -0.05) is 4.68 Å². The summed E-state index contributed by atoms with van der Waals surface area (Å²) in [5.41, 5.74) is 2.08. The van der Waals surface area contributed by atoms with Gasteiger partial charge in [0.2, 0.25) is 0 Å². The van der Waals surface area contributed by atoms with E-state index in [1.165, 1.54) is 0 Å². The van der Waals surface area contributed by atoms with Crippen LogP contribution in [0.15, 0.2) is 5.10 Å². The van der Waals surface area contributed by atoms with Crippen molar-refractivity contribution in [1.29, 1.82) is 0 Å². The predicted octanol–water partition coefficient (Wildman–Crippen LogP) is 1.15. The van der Waals surface area contributed by atoms with Gasteiger partial charge in [-0.15, -0.1) is 0 Å². The Bertz CT molecular complexity index is 447. The summed E-state index contributed by atoms with van der Waals surface area (Å²) < 4.78 is 31.6. The zero-order chi connectivity index (χ0) is 12.6. The van der Waals surface area contributed by atoms with Crippen molar-refractivity contribution in [3.05, 3.63) is 0 Å². The van der Waals surface area contributed by atoms with Crippen LogP contribution in [0.4, 0.5) is 0 Å². The second-order valence-corrected chi connectivity index (χ2v) is 6.23. The minimum Gasteiger partial charge on any atom is -0.286 e. The van der Waals surface area contributed by atoms with Gasteiger partial charge in [0.1, 0.15) is 0 Å². The van der Waals surface area contributed by atoms with Gasteiger partial charge in [0.05, 0.1) is 16.9 Å². The lowest BCUT2D eigenvalue weighted by atomic mass is 9.84. The van der Waals surface area contributed by atoms with E-state index in [0.717, 1.165) is 11.4 Å². The Kier molecular flexibility index (Phi) is 3.54. The maximum absolute atomic E-state index is 10.6. The number of hydrogen-bond acceptors (Lipinski definition) is 3. The Balaban J connectivity index is 2.67. The third-order valence-electron chi connectivity index (χ3n) is 3.24. The first-order valence-electron chi connectivity index (χ1n) is 5.27. The fraction of sp³-hybridized carbons (Fsp3) is 0.800. The third kappa shape index (κ3) is 2.89. The molecule has 0 fully saturated rings. The summed E-state index contributed by atoms with van der Waals surface area (Å²) in [4.78, 5) is 0. The molecular weight excluding hydrogens is 228 g/mol. The van der Waals surface area contributed by atoms with Crippen LogP contribution in [0.2, 0.25) is 0 Å². The van der Waals surface area contributed by atoms with Crippen molar-refractivity contribution in [2.24, 2.45) is 10.5 Å². The van der Waals surface area contributed by atoms with Crippen LogP contribution in [0.1, 0.15) is 34.1 Å². The Hall–Kier alpha value is -0.750. The zero-order valence-corrected chi connectivity index (χ0v) is 11.0. The molecule has 0 aliphatic carbocycles. The Morgan fingerprint density at radius 1 is 1.38 bits per heavy atom. The zero-order valence-electron chi connectivity index (χ0n) is 10.2. The molecule has 0 radical (unpaired) electrons. The van der Waals surface area contributed by atoms with Crippen molar-refractivity contribution in [3.8, 4) is 0 Å². The van der Waals surface area contributed by atoms with Gasteiger partial charge in [0.25, 0.3) is 10.1 Å². The fourth-order valence-corrected chi connectivity index (χ4v) is 2.07. The molecule has 1 rings (SSSR count). The fourth-order valence-electron chi connectivity index (χ4n) is 1.58. The van der Waals surface area contributed by atoms with E-state index < -0.39 is 10.1 Å². The normalized spacial score (nSPS) is 20.2. The largest absolute Gasteiger partial charge is 0.286 e. The first-order chi connectivity index (χ1) is 7.14. The topological polar surface area (TPSA) is 69.7 Å². The molecule has 1 aliphatic rings. The van der Waals surface area contributed by atoms with Crippen LogP contribution in [0.25, 0.3) is 0 Å². The lowest BCUT2D eigenvalue weighted by molar-refractivity contribution is -0.531. The van der Waals surface area contributed by atoms with Crippen molar-refractivity contribution in [2.75, 3.05) is 12.3 Å². The molecule has 0 amide bonds. The van der Waals surface area contributed by atoms with E-state index in [1.807, 2.05) is 18.5 Å². The molecule has 0 spiro atoms. The van der Waals surface area contributed by atoms with Crippen LogP contribution in [-0.2, 0) is 10.1 Å². The first-order valence-corrected chi connectivity index (χ1v) is 6.88. The van der Waals surface area contributed by atoms with Gasteiger partial charge in [0, 0.05) is 13.3 Å². The second-order valence-electron chi connectivity index (χ2n) is 4.66. The third-order valence-corrected chi connectivity index (χ3v) is 4.04. The van der Waals surface area contributed by atoms with Crippen LogP contribution >= 0.6 is 0 Å². The average molecular weight is 247 g/mol.